The van der Waals surface area contributed by atoms with E-state index in [1.165, 1.54) is 12.8 Å². The number of hydrogen-bond acceptors (Lipinski definition) is 3. The average Bonchev–Trinajstić information content (AvgIpc) is 3.15. The Bertz CT molecular complexity index is 538. The Labute approximate surface area is 119 Å². The number of para-hydroxylation sites is 1. The first-order valence-corrected chi connectivity index (χ1v) is 7.28. The Morgan fingerprint density at radius 2 is 2.05 bits per heavy atom. The van der Waals surface area contributed by atoms with Crippen molar-refractivity contribution in [3.05, 3.63) is 48.3 Å². The number of rotatable bonds is 5. The highest BCUT2D eigenvalue weighted by Gasteiger charge is 2.26. The molecule has 0 spiro atoms. The van der Waals surface area contributed by atoms with Crippen LogP contribution < -0.4 is 5.73 Å². The molecule has 1 fully saturated rings. The van der Waals surface area contributed by atoms with Gasteiger partial charge in [-0.05, 0) is 43.5 Å². The predicted octanol–water partition coefficient (Wildman–Crippen LogP) is 2.52. The van der Waals surface area contributed by atoms with E-state index >= 15 is 0 Å². The van der Waals surface area contributed by atoms with Crippen molar-refractivity contribution < 1.29 is 4.74 Å². The van der Waals surface area contributed by atoms with E-state index in [1.807, 2.05) is 47.3 Å². The number of aromatic nitrogens is 2. The van der Waals surface area contributed by atoms with Crippen LogP contribution in [0.2, 0.25) is 0 Å². The lowest BCUT2D eigenvalue weighted by Crippen LogP contribution is -2.25. The monoisotopic (exact) mass is 271 g/mol. The third-order valence-electron chi connectivity index (χ3n) is 4.00. The topological polar surface area (TPSA) is 53.1 Å². The molecule has 0 saturated heterocycles. The molecule has 1 aliphatic rings. The van der Waals surface area contributed by atoms with E-state index in [9.17, 15) is 0 Å². The van der Waals surface area contributed by atoms with E-state index in [2.05, 4.69) is 5.10 Å². The summed E-state index contributed by atoms with van der Waals surface area (Å²) >= 11 is 0. The lowest BCUT2D eigenvalue weighted by atomic mass is 10.1. The highest BCUT2D eigenvalue weighted by atomic mass is 16.5. The Morgan fingerprint density at radius 1 is 1.20 bits per heavy atom. The maximum Gasteiger partial charge on any atom is 0.0910 e. The quantitative estimate of drug-likeness (QED) is 0.909. The van der Waals surface area contributed by atoms with Gasteiger partial charge in [-0.15, -0.1) is 0 Å². The van der Waals surface area contributed by atoms with Crippen molar-refractivity contribution in [2.75, 3.05) is 6.54 Å². The van der Waals surface area contributed by atoms with E-state index in [-0.39, 0.29) is 0 Å². The molecular weight excluding hydrogens is 250 g/mol. The molecule has 4 nitrogen and oxygen atoms in total. The van der Waals surface area contributed by atoms with Gasteiger partial charge in [0.1, 0.15) is 0 Å². The molecule has 4 heteroatoms. The zero-order valence-corrected chi connectivity index (χ0v) is 11.6. The molecular formula is C16H21N3O. The van der Waals surface area contributed by atoms with Crippen LogP contribution in [0.5, 0.6) is 0 Å². The van der Waals surface area contributed by atoms with E-state index in [0.717, 1.165) is 24.3 Å². The number of nitrogens with zero attached hydrogens (tertiary/aromatic N) is 2. The van der Waals surface area contributed by atoms with Gasteiger partial charge in [-0.25, -0.2) is 4.68 Å². The molecule has 2 unspecified atom stereocenters. The zero-order valence-electron chi connectivity index (χ0n) is 11.6. The zero-order chi connectivity index (χ0) is 13.8. The third-order valence-corrected chi connectivity index (χ3v) is 4.00. The molecule has 1 heterocycles. The molecule has 0 aliphatic heterocycles. The molecule has 20 heavy (non-hydrogen) atoms. The van der Waals surface area contributed by atoms with Crippen LogP contribution in [0.15, 0.2) is 42.6 Å². The van der Waals surface area contributed by atoms with Gasteiger partial charge in [0.15, 0.2) is 0 Å². The first-order chi connectivity index (χ1) is 9.86. The summed E-state index contributed by atoms with van der Waals surface area (Å²) in [5, 5.41) is 4.55. The van der Waals surface area contributed by atoms with Crippen LogP contribution in [0.1, 0.15) is 25.0 Å². The average molecular weight is 271 g/mol. The summed E-state index contributed by atoms with van der Waals surface area (Å²) in [6, 6.07) is 12.1. The number of ether oxygens (including phenoxy) is 1. The Balaban J connectivity index is 1.60. The van der Waals surface area contributed by atoms with Gasteiger partial charge < -0.3 is 10.5 Å². The number of benzene rings is 1. The molecule has 1 aromatic carbocycles. The summed E-state index contributed by atoms with van der Waals surface area (Å²) in [5.74, 6) is 0.520. The molecule has 3 rings (SSSR count). The SMILES string of the molecule is NCC1CCCC1OCc1ccn(-c2ccccc2)n1. The van der Waals surface area contributed by atoms with Gasteiger partial charge in [0, 0.05) is 6.20 Å². The fourth-order valence-electron chi connectivity index (χ4n) is 2.85. The number of nitrogens with two attached hydrogens (primary N) is 1. The van der Waals surface area contributed by atoms with E-state index in [1.54, 1.807) is 0 Å². The minimum atomic E-state index is 0.307. The van der Waals surface area contributed by atoms with Crippen LogP contribution in [-0.4, -0.2) is 22.4 Å². The van der Waals surface area contributed by atoms with E-state index in [4.69, 9.17) is 10.5 Å². The molecule has 106 valence electrons. The van der Waals surface area contributed by atoms with Gasteiger partial charge in [-0.2, -0.15) is 5.10 Å². The van der Waals surface area contributed by atoms with Crippen molar-refractivity contribution in [2.24, 2.45) is 11.7 Å². The van der Waals surface area contributed by atoms with E-state index in [0.29, 0.717) is 18.6 Å². The molecule has 0 radical (unpaired) electrons. The van der Waals surface area contributed by atoms with Gasteiger partial charge in [0.2, 0.25) is 0 Å². The standard InChI is InChI=1S/C16H21N3O/c17-11-13-5-4-8-16(13)20-12-14-9-10-19(18-14)15-6-2-1-3-7-15/h1-3,6-7,9-10,13,16H,4-5,8,11-12,17H2. The predicted molar refractivity (Wildman–Crippen MR) is 78.5 cm³/mol. The van der Waals surface area contributed by atoms with Crippen LogP contribution >= 0.6 is 0 Å². The lowest BCUT2D eigenvalue weighted by Gasteiger charge is -2.17. The van der Waals surface area contributed by atoms with Crippen LogP contribution in [0.4, 0.5) is 0 Å². The van der Waals surface area contributed by atoms with Crippen molar-refractivity contribution in [1.82, 2.24) is 9.78 Å². The third kappa shape index (κ3) is 2.92. The summed E-state index contributed by atoms with van der Waals surface area (Å²) in [7, 11) is 0. The van der Waals surface area contributed by atoms with Gasteiger partial charge in [0.05, 0.1) is 24.1 Å². The summed E-state index contributed by atoms with van der Waals surface area (Å²) in [6.07, 6.45) is 5.83. The minimum absolute atomic E-state index is 0.307. The Kier molecular flexibility index (Phi) is 4.14. The molecule has 2 N–H and O–H groups in total. The van der Waals surface area contributed by atoms with Crippen LogP contribution in [0.3, 0.4) is 0 Å². The van der Waals surface area contributed by atoms with Crippen molar-refractivity contribution in [3.63, 3.8) is 0 Å². The van der Waals surface area contributed by atoms with Gasteiger partial charge >= 0.3 is 0 Å². The van der Waals surface area contributed by atoms with Gasteiger partial charge in [-0.1, -0.05) is 24.6 Å². The Morgan fingerprint density at radius 3 is 2.85 bits per heavy atom. The first-order valence-electron chi connectivity index (χ1n) is 7.28. The van der Waals surface area contributed by atoms with Gasteiger partial charge in [-0.3, -0.25) is 0 Å². The molecule has 1 aromatic heterocycles. The minimum Gasteiger partial charge on any atom is -0.372 e. The number of hydrogen-bond donors (Lipinski definition) is 1. The molecule has 2 atom stereocenters. The maximum atomic E-state index is 5.99. The summed E-state index contributed by atoms with van der Waals surface area (Å²) in [5.41, 5.74) is 7.81. The second-order valence-electron chi connectivity index (χ2n) is 5.36. The second-order valence-corrected chi connectivity index (χ2v) is 5.36. The largest absolute Gasteiger partial charge is 0.372 e. The van der Waals surface area contributed by atoms with Crippen molar-refractivity contribution in [1.29, 1.82) is 0 Å². The Hall–Kier alpha value is -1.65. The van der Waals surface area contributed by atoms with Crippen LogP contribution in [0.25, 0.3) is 5.69 Å². The summed E-state index contributed by atoms with van der Waals surface area (Å²) < 4.78 is 7.87. The van der Waals surface area contributed by atoms with Crippen molar-refractivity contribution in [3.8, 4) is 5.69 Å². The fraction of sp³-hybridized carbons (Fsp3) is 0.438. The second kappa shape index (κ2) is 6.20. The summed E-state index contributed by atoms with van der Waals surface area (Å²) in [6.45, 7) is 1.30. The van der Waals surface area contributed by atoms with Crippen molar-refractivity contribution >= 4 is 0 Å². The lowest BCUT2D eigenvalue weighted by molar-refractivity contribution is 0.0165. The van der Waals surface area contributed by atoms with Crippen LogP contribution in [-0.2, 0) is 11.3 Å². The molecule has 0 bridgehead atoms. The maximum absolute atomic E-state index is 5.99. The van der Waals surface area contributed by atoms with Gasteiger partial charge in [0.25, 0.3) is 0 Å². The highest BCUT2D eigenvalue weighted by molar-refractivity contribution is 5.30. The molecule has 0 amide bonds. The molecule has 1 aliphatic carbocycles. The fourth-order valence-corrected chi connectivity index (χ4v) is 2.85. The van der Waals surface area contributed by atoms with E-state index < -0.39 is 0 Å². The van der Waals surface area contributed by atoms with Crippen molar-refractivity contribution in [2.45, 2.75) is 32.0 Å². The molecule has 2 aromatic rings. The first kappa shape index (κ1) is 13.3. The van der Waals surface area contributed by atoms with Crippen LogP contribution in [0, 0.1) is 5.92 Å². The smallest absolute Gasteiger partial charge is 0.0910 e. The highest BCUT2D eigenvalue weighted by Crippen LogP contribution is 2.27. The normalized spacial score (nSPS) is 22.2. The molecule has 1 saturated carbocycles. The summed E-state index contributed by atoms with van der Waals surface area (Å²) in [4.78, 5) is 0.